The van der Waals surface area contributed by atoms with Gasteiger partial charge in [-0.3, -0.25) is 9.69 Å². The number of nitrogens with two attached hydrogens (primary N) is 1. The van der Waals surface area contributed by atoms with Crippen LogP contribution in [0.2, 0.25) is 0 Å². The predicted molar refractivity (Wildman–Crippen MR) is 104 cm³/mol. The van der Waals surface area contributed by atoms with Crippen LogP contribution in [0.5, 0.6) is 0 Å². The molecule has 2 bridgehead atoms. The molecule has 7 nitrogen and oxygen atoms in total. The van der Waals surface area contributed by atoms with Crippen LogP contribution < -0.4 is 5.73 Å². The second kappa shape index (κ2) is 7.19. The van der Waals surface area contributed by atoms with Gasteiger partial charge in [-0.1, -0.05) is 20.8 Å². The van der Waals surface area contributed by atoms with Crippen molar-refractivity contribution in [2.75, 3.05) is 33.7 Å². The summed E-state index contributed by atoms with van der Waals surface area (Å²) in [6, 6.07) is 2.21. The van der Waals surface area contributed by atoms with Gasteiger partial charge in [0.2, 0.25) is 0 Å². The van der Waals surface area contributed by atoms with Gasteiger partial charge in [0, 0.05) is 57.3 Å². The normalized spacial score (nSPS) is 23.4. The van der Waals surface area contributed by atoms with Crippen LogP contribution in [0.1, 0.15) is 55.5 Å². The third-order valence-electron chi connectivity index (χ3n) is 5.59. The molecule has 1 aromatic heterocycles. The Balaban J connectivity index is 1.83. The number of furan rings is 1. The lowest BCUT2D eigenvalue weighted by atomic mass is 9.89. The van der Waals surface area contributed by atoms with Crippen molar-refractivity contribution in [3.8, 4) is 0 Å². The van der Waals surface area contributed by atoms with Crippen LogP contribution in [-0.4, -0.2) is 66.4 Å². The summed E-state index contributed by atoms with van der Waals surface area (Å²) < 4.78 is 5.81. The Kier molecular flexibility index (Phi) is 5.25. The van der Waals surface area contributed by atoms with Crippen LogP contribution in [0.4, 0.5) is 4.79 Å². The Morgan fingerprint density at radius 1 is 1.22 bits per heavy atom. The zero-order valence-electron chi connectivity index (χ0n) is 17.1. The van der Waals surface area contributed by atoms with E-state index in [1.54, 1.807) is 25.1 Å². The molecule has 7 heteroatoms. The van der Waals surface area contributed by atoms with Crippen molar-refractivity contribution < 1.29 is 14.0 Å². The second-order valence-electron chi connectivity index (χ2n) is 9.19. The van der Waals surface area contributed by atoms with E-state index in [4.69, 9.17) is 10.2 Å². The van der Waals surface area contributed by atoms with E-state index < -0.39 is 5.91 Å². The molecule has 2 atom stereocenters. The number of carbonyl (C=O) groups excluding carboxylic acids is 2. The monoisotopic (exact) mass is 376 g/mol. The molecule has 3 aliphatic rings. The SMILES string of the molecule is CN(C)C(=O)N1C[C@@H]2CC[C@H](C1)N(Cc1cc(C(N)=O)oc1C(C)(C)C)C2. The number of piperidine rings is 1. The quantitative estimate of drug-likeness (QED) is 0.877. The Bertz CT molecular complexity index is 719. The van der Waals surface area contributed by atoms with E-state index in [2.05, 4.69) is 25.7 Å². The van der Waals surface area contributed by atoms with E-state index >= 15 is 0 Å². The first-order valence-electron chi connectivity index (χ1n) is 9.69. The highest BCUT2D eigenvalue weighted by Gasteiger charge is 2.38. The van der Waals surface area contributed by atoms with Gasteiger partial charge in [0.15, 0.2) is 5.76 Å². The maximum Gasteiger partial charge on any atom is 0.319 e. The molecule has 27 heavy (non-hydrogen) atoms. The number of carbonyl (C=O) groups is 2. The second-order valence-corrected chi connectivity index (χ2v) is 9.19. The summed E-state index contributed by atoms with van der Waals surface area (Å²) in [6.07, 6.45) is 2.25. The largest absolute Gasteiger partial charge is 0.455 e. The summed E-state index contributed by atoms with van der Waals surface area (Å²) in [5, 5.41) is 0. The standard InChI is InChI=1S/C20H32N4O3/c1-20(2,3)17-14(8-16(27-17)18(21)25)11-23-9-13-6-7-15(23)12-24(10-13)19(26)22(4)5/h8,13,15H,6-7,9-12H2,1-5H3,(H2,21,25)/t13-,15-/m1/s1. The number of nitrogens with zero attached hydrogens (tertiary/aromatic N) is 3. The number of urea groups is 1. The molecule has 0 unspecified atom stereocenters. The fourth-order valence-electron chi connectivity index (χ4n) is 4.33. The topological polar surface area (TPSA) is 83.0 Å². The minimum atomic E-state index is -0.535. The van der Waals surface area contributed by atoms with E-state index in [0.717, 1.165) is 43.8 Å². The van der Waals surface area contributed by atoms with Crippen LogP contribution >= 0.6 is 0 Å². The average molecular weight is 377 g/mol. The van der Waals surface area contributed by atoms with Crippen molar-refractivity contribution in [1.29, 1.82) is 0 Å². The molecule has 3 fully saturated rings. The van der Waals surface area contributed by atoms with Crippen molar-refractivity contribution in [3.05, 3.63) is 23.2 Å². The highest BCUT2D eigenvalue weighted by atomic mass is 16.4. The minimum absolute atomic E-state index is 0.0865. The van der Waals surface area contributed by atoms with Crippen LogP contribution in [-0.2, 0) is 12.0 Å². The lowest BCUT2D eigenvalue weighted by Gasteiger charge is -2.36. The maximum absolute atomic E-state index is 12.5. The first-order valence-corrected chi connectivity index (χ1v) is 9.69. The van der Waals surface area contributed by atoms with Crippen LogP contribution in [0.15, 0.2) is 10.5 Å². The van der Waals surface area contributed by atoms with Crippen LogP contribution in [0.3, 0.4) is 0 Å². The van der Waals surface area contributed by atoms with Gasteiger partial charge < -0.3 is 20.0 Å². The number of hydrogen-bond acceptors (Lipinski definition) is 4. The van der Waals surface area contributed by atoms with E-state index in [1.807, 2.05) is 4.90 Å². The van der Waals surface area contributed by atoms with Gasteiger partial charge >= 0.3 is 6.03 Å². The van der Waals surface area contributed by atoms with Gasteiger partial charge in [0.1, 0.15) is 5.76 Å². The van der Waals surface area contributed by atoms with Gasteiger partial charge in [0.05, 0.1) is 0 Å². The fraction of sp³-hybridized carbons (Fsp3) is 0.700. The third-order valence-corrected chi connectivity index (χ3v) is 5.59. The summed E-state index contributed by atoms with van der Waals surface area (Å²) >= 11 is 0. The fourth-order valence-corrected chi connectivity index (χ4v) is 4.33. The van der Waals surface area contributed by atoms with Crippen LogP contribution in [0, 0.1) is 5.92 Å². The summed E-state index contributed by atoms with van der Waals surface area (Å²) in [7, 11) is 3.61. The number of fused-ring (bicyclic) bond motifs is 4. The Labute approximate surface area is 161 Å². The Morgan fingerprint density at radius 3 is 2.52 bits per heavy atom. The van der Waals surface area contributed by atoms with Crippen molar-refractivity contribution in [2.24, 2.45) is 11.7 Å². The Hall–Kier alpha value is -2.02. The molecule has 4 rings (SSSR count). The predicted octanol–water partition coefficient (Wildman–Crippen LogP) is 2.25. The molecule has 0 radical (unpaired) electrons. The molecular formula is C20H32N4O3. The molecule has 3 amide bonds. The highest BCUT2D eigenvalue weighted by molar-refractivity contribution is 5.90. The molecule has 0 aromatic carbocycles. The van der Waals surface area contributed by atoms with Gasteiger partial charge in [0.25, 0.3) is 5.91 Å². The molecule has 0 aliphatic carbocycles. The van der Waals surface area contributed by atoms with Gasteiger partial charge in [-0.15, -0.1) is 0 Å². The van der Waals surface area contributed by atoms with Gasteiger partial charge in [-0.25, -0.2) is 4.79 Å². The molecule has 0 spiro atoms. The molecule has 0 saturated carbocycles. The first kappa shape index (κ1) is 19.7. The van der Waals surface area contributed by atoms with Crippen molar-refractivity contribution >= 4 is 11.9 Å². The summed E-state index contributed by atoms with van der Waals surface area (Å²) in [5.74, 6) is 0.983. The van der Waals surface area contributed by atoms with E-state index in [1.165, 1.54) is 0 Å². The molecular weight excluding hydrogens is 344 g/mol. The zero-order valence-corrected chi connectivity index (χ0v) is 17.1. The molecule has 2 N–H and O–H groups in total. The summed E-state index contributed by atoms with van der Waals surface area (Å²) in [6.45, 7) is 9.47. The molecule has 3 aliphatic heterocycles. The Morgan fingerprint density at radius 2 is 1.93 bits per heavy atom. The average Bonchev–Trinajstić information content (AvgIpc) is 2.80. The maximum atomic E-state index is 12.5. The van der Waals surface area contributed by atoms with E-state index in [0.29, 0.717) is 18.5 Å². The lowest BCUT2D eigenvalue weighted by Crippen LogP contribution is -2.45. The van der Waals surface area contributed by atoms with Crippen molar-refractivity contribution in [3.63, 3.8) is 0 Å². The third kappa shape index (κ3) is 4.13. The van der Waals surface area contributed by atoms with Crippen LogP contribution in [0.25, 0.3) is 0 Å². The van der Waals surface area contributed by atoms with Crippen molar-refractivity contribution in [1.82, 2.24) is 14.7 Å². The van der Waals surface area contributed by atoms with Gasteiger partial charge in [-0.05, 0) is 24.8 Å². The summed E-state index contributed by atoms with van der Waals surface area (Å²) in [4.78, 5) is 30.2. The number of primary amides is 1. The molecule has 4 heterocycles. The first-order chi connectivity index (χ1) is 12.6. The van der Waals surface area contributed by atoms with Crippen molar-refractivity contribution in [2.45, 2.75) is 51.6 Å². The minimum Gasteiger partial charge on any atom is -0.455 e. The van der Waals surface area contributed by atoms with E-state index in [9.17, 15) is 9.59 Å². The lowest BCUT2D eigenvalue weighted by molar-refractivity contribution is 0.0970. The molecule has 150 valence electrons. The number of hydrogen-bond donors (Lipinski definition) is 1. The molecule has 3 saturated heterocycles. The van der Waals surface area contributed by atoms with E-state index in [-0.39, 0.29) is 17.2 Å². The number of amides is 3. The summed E-state index contributed by atoms with van der Waals surface area (Å²) in [5.41, 5.74) is 6.26. The highest BCUT2D eigenvalue weighted by Crippen LogP contribution is 2.34. The smallest absolute Gasteiger partial charge is 0.319 e. The van der Waals surface area contributed by atoms with Gasteiger partial charge in [-0.2, -0.15) is 0 Å². The molecule has 1 aromatic rings. The zero-order chi connectivity index (χ0) is 19.9. The number of rotatable bonds is 3.